The van der Waals surface area contributed by atoms with Gasteiger partial charge in [-0.1, -0.05) is 30.3 Å². The molecule has 5 heteroatoms. The van der Waals surface area contributed by atoms with Crippen molar-refractivity contribution >= 4 is 11.9 Å². The van der Waals surface area contributed by atoms with Crippen molar-refractivity contribution in [3.8, 4) is 5.75 Å². The Morgan fingerprint density at radius 3 is 2.80 bits per heavy atom. The van der Waals surface area contributed by atoms with Gasteiger partial charge in [0.05, 0.1) is 19.1 Å². The van der Waals surface area contributed by atoms with Crippen LogP contribution in [-0.2, 0) is 22.4 Å². The molecule has 5 nitrogen and oxygen atoms in total. The number of hydrogen-bond acceptors (Lipinski definition) is 4. The Kier molecular flexibility index (Phi) is 6.36. The fraction of sp³-hybridized carbons (Fsp3) is 0.440. The third-order valence-electron chi connectivity index (χ3n) is 5.93. The number of carbonyl (C=O) groups is 2. The zero-order valence-electron chi connectivity index (χ0n) is 17.5. The first-order valence-corrected chi connectivity index (χ1v) is 10.9. The summed E-state index contributed by atoms with van der Waals surface area (Å²) in [7, 11) is 0. The van der Waals surface area contributed by atoms with Gasteiger partial charge in [0.25, 0.3) is 5.91 Å². The highest BCUT2D eigenvalue weighted by molar-refractivity contribution is 5.94. The summed E-state index contributed by atoms with van der Waals surface area (Å²) in [6.45, 7) is 4.18. The summed E-state index contributed by atoms with van der Waals surface area (Å²) in [6.07, 6.45) is 3.46. The van der Waals surface area contributed by atoms with E-state index in [1.165, 1.54) is 5.56 Å². The van der Waals surface area contributed by atoms with Crippen molar-refractivity contribution in [1.82, 2.24) is 4.90 Å². The average Bonchev–Trinajstić information content (AvgIpc) is 3.38. The standard InChI is InChI=1S/C25H29NO4/c1-2-29-25(28)22-16-21(22)17-26(13-6-9-18-7-4-3-5-8-18)24(27)20-10-11-23-19(15-20)12-14-30-23/h3-5,7-8,10-11,15,21-22H,2,6,9,12-14,16-17H2,1H3/t21-,22+/m1/s1. The molecule has 2 aliphatic rings. The number of ether oxygens (including phenoxy) is 2. The first-order chi connectivity index (χ1) is 14.7. The molecule has 0 saturated heterocycles. The molecular formula is C25H29NO4. The van der Waals surface area contributed by atoms with Crippen LogP contribution in [0.25, 0.3) is 0 Å². The minimum Gasteiger partial charge on any atom is -0.493 e. The minimum atomic E-state index is -0.131. The SMILES string of the molecule is CCOC(=O)[C@H]1C[C@@H]1CN(CCCc1ccccc1)C(=O)c1ccc2c(c1)CCO2. The van der Waals surface area contributed by atoms with E-state index in [1.54, 1.807) is 0 Å². The lowest BCUT2D eigenvalue weighted by Gasteiger charge is -2.23. The Hall–Kier alpha value is -2.82. The van der Waals surface area contributed by atoms with Gasteiger partial charge in [0.2, 0.25) is 0 Å². The number of fused-ring (bicyclic) bond motifs is 1. The molecule has 0 bridgehead atoms. The molecule has 1 fully saturated rings. The van der Waals surface area contributed by atoms with E-state index in [4.69, 9.17) is 9.47 Å². The second-order valence-electron chi connectivity index (χ2n) is 8.12. The van der Waals surface area contributed by atoms with Crippen LogP contribution in [0, 0.1) is 11.8 Å². The predicted octanol–water partition coefficient (Wildman–Crippen LogP) is 3.90. The Bertz CT molecular complexity index is 895. The number of aryl methyl sites for hydroxylation is 1. The van der Waals surface area contributed by atoms with E-state index in [-0.39, 0.29) is 23.7 Å². The first kappa shape index (κ1) is 20.5. The van der Waals surface area contributed by atoms with Crippen molar-refractivity contribution in [3.63, 3.8) is 0 Å². The molecule has 0 aromatic heterocycles. The fourth-order valence-electron chi connectivity index (χ4n) is 4.17. The van der Waals surface area contributed by atoms with E-state index in [0.29, 0.717) is 31.9 Å². The van der Waals surface area contributed by atoms with E-state index in [2.05, 4.69) is 12.1 Å². The largest absolute Gasteiger partial charge is 0.493 e. The molecule has 1 heterocycles. The molecule has 1 saturated carbocycles. The van der Waals surface area contributed by atoms with Crippen LogP contribution in [0.3, 0.4) is 0 Å². The number of nitrogens with zero attached hydrogens (tertiary/aromatic N) is 1. The summed E-state index contributed by atoms with van der Waals surface area (Å²) < 4.78 is 10.7. The van der Waals surface area contributed by atoms with Gasteiger partial charge in [0, 0.05) is 25.1 Å². The van der Waals surface area contributed by atoms with E-state index >= 15 is 0 Å². The number of benzene rings is 2. The Morgan fingerprint density at radius 1 is 1.17 bits per heavy atom. The van der Waals surface area contributed by atoms with Crippen LogP contribution in [0.15, 0.2) is 48.5 Å². The topological polar surface area (TPSA) is 55.8 Å². The molecule has 2 atom stereocenters. The van der Waals surface area contributed by atoms with Gasteiger partial charge in [-0.2, -0.15) is 0 Å². The number of esters is 1. The lowest BCUT2D eigenvalue weighted by molar-refractivity contribution is -0.145. The van der Waals surface area contributed by atoms with Gasteiger partial charge in [-0.05, 0) is 61.4 Å². The normalized spacial score (nSPS) is 19.0. The average molecular weight is 408 g/mol. The fourth-order valence-corrected chi connectivity index (χ4v) is 4.17. The molecule has 2 aromatic rings. The maximum Gasteiger partial charge on any atom is 0.309 e. The van der Waals surface area contributed by atoms with Crippen molar-refractivity contribution in [3.05, 3.63) is 65.2 Å². The maximum atomic E-state index is 13.3. The van der Waals surface area contributed by atoms with Gasteiger partial charge < -0.3 is 14.4 Å². The highest BCUT2D eigenvalue weighted by atomic mass is 16.5. The predicted molar refractivity (Wildman–Crippen MR) is 115 cm³/mol. The summed E-state index contributed by atoms with van der Waals surface area (Å²) in [5.41, 5.74) is 3.07. The van der Waals surface area contributed by atoms with Crippen LogP contribution in [0.5, 0.6) is 5.75 Å². The number of hydrogen-bond donors (Lipinski definition) is 0. The van der Waals surface area contributed by atoms with Gasteiger partial charge in [-0.3, -0.25) is 9.59 Å². The molecule has 0 radical (unpaired) electrons. The highest BCUT2D eigenvalue weighted by Crippen LogP contribution is 2.40. The third kappa shape index (κ3) is 4.84. The summed E-state index contributed by atoms with van der Waals surface area (Å²) in [6, 6.07) is 16.0. The molecule has 158 valence electrons. The molecule has 0 spiro atoms. The number of amides is 1. The summed E-state index contributed by atoms with van der Waals surface area (Å²) in [4.78, 5) is 27.3. The van der Waals surface area contributed by atoms with E-state index in [1.807, 2.05) is 48.2 Å². The van der Waals surface area contributed by atoms with E-state index < -0.39 is 0 Å². The lowest BCUT2D eigenvalue weighted by atomic mass is 10.1. The van der Waals surface area contributed by atoms with Crippen LogP contribution in [0.4, 0.5) is 0 Å². The van der Waals surface area contributed by atoms with Crippen molar-refractivity contribution < 1.29 is 19.1 Å². The van der Waals surface area contributed by atoms with Crippen LogP contribution < -0.4 is 4.74 Å². The van der Waals surface area contributed by atoms with Crippen molar-refractivity contribution in [2.75, 3.05) is 26.3 Å². The smallest absolute Gasteiger partial charge is 0.309 e. The number of carbonyl (C=O) groups excluding carboxylic acids is 2. The second kappa shape index (κ2) is 9.33. The van der Waals surface area contributed by atoms with Gasteiger partial charge in [-0.15, -0.1) is 0 Å². The Labute approximate surface area is 178 Å². The Morgan fingerprint density at radius 2 is 2.00 bits per heavy atom. The molecular weight excluding hydrogens is 378 g/mol. The molecule has 0 unspecified atom stereocenters. The molecule has 0 N–H and O–H groups in total. The minimum absolute atomic E-state index is 0.0345. The van der Waals surface area contributed by atoms with Crippen LogP contribution in [0.2, 0.25) is 0 Å². The van der Waals surface area contributed by atoms with Crippen molar-refractivity contribution in [2.45, 2.75) is 32.6 Å². The number of rotatable bonds is 9. The lowest BCUT2D eigenvalue weighted by Crippen LogP contribution is -2.34. The monoisotopic (exact) mass is 407 g/mol. The van der Waals surface area contributed by atoms with Crippen LogP contribution in [-0.4, -0.2) is 43.1 Å². The maximum absolute atomic E-state index is 13.3. The second-order valence-corrected chi connectivity index (χ2v) is 8.12. The summed E-state index contributed by atoms with van der Waals surface area (Å²) in [5.74, 6) is 0.915. The zero-order valence-corrected chi connectivity index (χ0v) is 17.5. The quantitative estimate of drug-likeness (QED) is 0.592. The van der Waals surface area contributed by atoms with Gasteiger partial charge in [0.1, 0.15) is 5.75 Å². The summed E-state index contributed by atoms with van der Waals surface area (Å²) in [5, 5.41) is 0. The molecule has 2 aromatic carbocycles. The van der Waals surface area contributed by atoms with Crippen LogP contribution in [0.1, 0.15) is 41.3 Å². The van der Waals surface area contributed by atoms with E-state index in [0.717, 1.165) is 37.0 Å². The van der Waals surface area contributed by atoms with Crippen molar-refractivity contribution in [1.29, 1.82) is 0 Å². The van der Waals surface area contributed by atoms with Gasteiger partial charge in [0.15, 0.2) is 0 Å². The molecule has 1 aliphatic heterocycles. The van der Waals surface area contributed by atoms with Gasteiger partial charge in [-0.25, -0.2) is 0 Å². The van der Waals surface area contributed by atoms with Gasteiger partial charge >= 0.3 is 5.97 Å². The van der Waals surface area contributed by atoms with Crippen molar-refractivity contribution in [2.24, 2.45) is 11.8 Å². The third-order valence-corrected chi connectivity index (χ3v) is 5.93. The molecule has 1 aliphatic carbocycles. The molecule has 30 heavy (non-hydrogen) atoms. The van der Waals surface area contributed by atoms with Crippen LogP contribution >= 0.6 is 0 Å². The zero-order chi connectivity index (χ0) is 20.9. The molecule has 4 rings (SSSR count). The highest BCUT2D eigenvalue weighted by Gasteiger charge is 2.45. The summed E-state index contributed by atoms with van der Waals surface area (Å²) >= 11 is 0. The first-order valence-electron chi connectivity index (χ1n) is 10.9. The van der Waals surface area contributed by atoms with E-state index in [9.17, 15) is 9.59 Å². The Balaban J connectivity index is 1.42. The molecule has 1 amide bonds.